The monoisotopic (exact) mass is 436 g/mol. The highest BCUT2D eigenvalue weighted by molar-refractivity contribution is 6.07. The number of hydrogen-bond donors (Lipinski definition) is 4. The minimum atomic E-state index is -1.08. The zero-order chi connectivity index (χ0) is 23.3. The van der Waals surface area contributed by atoms with Crippen LogP contribution in [0.15, 0.2) is 54.6 Å². The second-order valence-corrected chi connectivity index (χ2v) is 8.25. The second kappa shape index (κ2) is 10.2. The van der Waals surface area contributed by atoms with E-state index in [-0.39, 0.29) is 5.92 Å². The van der Waals surface area contributed by atoms with Gasteiger partial charge in [-0.25, -0.2) is 15.2 Å². The molecule has 0 saturated carbocycles. The van der Waals surface area contributed by atoms with Crippen molar-refractivity contribution in [2.24, 2.45) is 5.92 Å². The molecule has 1 aliphatic heterocycles. The van der Waals surface area contributed by atoms with Crippen molar-refractivity contribution >= 4 is 23.6 Å². The van der Waals surface area contributed by atoms with Crippen molar-refractivity contribution in [3.8, 4) is 0 Å². The van der Waals surface area contributed by atoms with Gasteiger partial charge in [0.15, 0.2) is 0 Å². The van der Waals surface area contributed by atoms with E-state index in [9.17, 15) is 14.4 Å². The number of benzene rings is 2. The van der Waals surface area contributed by atoms with Gasteiger partial charge in [-0.15, -0.1) is 0 Å². The Morgan fingerprint density at radius 1 is 1.09 bits per heavy atom. The van der Waals surface area contributed by atoms with E-state index >= 15 is 0 Å². The summed E-state index contributed by atoms with van der Waals surface area (Å²) in [4.78, 5) is 38.0. The molecule has 32 heavy (non-hydrogen) atoms. The van der Waals surface area contributed by atoms with Crippen molar-refractivity contribution in [2.45, 2.75) is 45.2 Å². The number of aryl methyl sites for hydroxylation is 1. The SMILES string of the molecule is CC(C)[C@H](C(=O)NO)N1C(=O)N[C@@H](CCc2ccc(C(=N)Cc3ccccc3)cc2)C1=O. The number of urea groups is 1. The lowest BCUT2D eigenvalue weighted by Crippen LogP contribution is -2.52. The first-order valence-corrected chi connectivity index (χ1v) is 10.6. The van der Waals surface area contributed by atoms with E-state index in [1.54, 1.807) is 13.8 Å². The number of amides is 4. The van der Waals surface area contributed by atoms with Gasteiger partial charge < -0.3 is 10.7 Å². The lowest BCUT2D eigenvalue weighted by atomic mass is 9.98. The summed E-state index contributed by atoms with van der Waals surface area (Å²) in [6.45, 7) is 3.40. The lowest BCUT2D eigenvalue weighted by molar-refractivity contribution is -0.142. The molecule has 4 N–H and O–H groups in total. The van der Waals surface area contributed by atoms with Crippen LogP contribution in [0.25, 0.3) is 0 Å². The molecule has 8 nitrogen and oxygen atoms in total. The van der Waals surface area contributed by atoms with Gasteiger partial charge in [0, 0.05) is 12.1 Å². The third kappa shape index (κ3) is 5.20. The first kappa shape index (κ1) is 23.1. The zero-order valence-corrected chi connectivity index (χ0v) is 18.2. The number of carbonyl (C=O) groups is 3. The molecule has 168 valence electrons. The maximum Gasteiger partial charge on any atom is 0.325 e. The highest BCUT2D eigenvalue weighted by Gasteiger charge is 2.45. The second-order valence-electron chi connectivity index (χ2n) is 8.25. The van der Waals surface area contributed by atoms with Gasteiger partial charge in [-0.2, -0.15) is 0 Å². The molecule has 2 aromatic carbocycles. The van der Waals surface area contributed by atoms with Crippen LogP contribution in [0.1, 0.15) is 37.0 Å². The standard InChI is InChI=1S/C24H28N4O4/c1-15(2)21(22(29)27-32)28-23(30)20(26-24(28)31)13-10-16-8-11-18(12-9-16)19(25)14-17-6-4-3-5-7-17/h3-9,11-12,15,20-21,25,32H,10,13-14H2,1-2H3,(H,26,31)(H,27,29)/t20-,21+/m0/s1. The summed E-state index contributed by atoms with van der Waals surface area (Å²) in [7, 11) is 0. The van der Waals surface area contributed by atoms with Gasteiger partial charge in [0.1, 0.15) is 12.1 Å². The highest BCUT2D eigenvalue weighted by Crippen LogP contribution is 2.20. The van der Waals surface area contributed by atoms with E-state index < -0.39 is 29.9 Å². The van der Waals surface area contributed by atoms with Gasteiger partial charge in [0.05, 0.1) is 0 Å². The smallest absolute Gasteiger partial charge is 0.325 e. The number of hydroxylamine groups is 1. The van der Waals surface area contributed by atoms with E-state index in [1.807, 2.05) is 54.6 Å². The quantitative estimate of drug-likeness (QED) is 0.209. The zero-order valence-electron chi connectivity index (χ0n) is 18.2. The fourth-order valence-corrected chi connectivity index (χ4v) is 3.88. The minimum absolute atomic E-state index is 0.352. The normalized spacial score (nSPS) is 16.8. The van der Waals surface area contributed by atoms with Gasteiger partial charge >= 0.3 is 6.03 Å². The van der Waals surface area contributed by atoms with Crippen LogP contribution < -0.4 is 10.8 Å². The van der Waals surface area contributed by atoms with Gasteiger partial charge in [-0.3, -0.25) is 14.8 Å². The van der Waals surface area contributed by atoms with Gasteiger partial charge in [-0.1, -0.05) is 68.4 Å². The molecular formula is C24H28N4O4. The molecule has 3 rings (SSSR count). The van der Waals surface area contributed by atoms with Crippen molar-refractivity contribution in [3.63, 3.8) is 0 Å². The minimum Gasteiger partial charge on any atom is -0.326 e. The Morgan fingerprint density at radius 3 is 2.34 bits per heavy atom. The van der Waals surface area contributed by atoms with Crippen LogP contribution in [0.2, 0.25) is 0 Å². The number of nitrogens with one attached hydrogen (secondary N) is 3. The average molecular weight is 437 g/mol. The molecule has 2 atom stereocenters. The first-order valence-electron chi connectivity index (χ1n) is 10.6. The van der Waals surface area contributed by atoms with E-state index in [0.29, 0.717) is 25.0 Å². The van der Waals surface area contributed by atoms with Crippen LogP contribution in [-0.4, -0.2) is 45.7 Å². The molecule has 1 saturated heterocycles. The predicted molar refractivity (Wildman–Crippen MR) is 119 cm³/mol. The number of nitrogens with zero attached hydrogens (tertiary/aromatic N) is 1. The Balaban J connectivity index is 1.59. The topological polar surface area (TPSA) is 123 Å². The van der Waals surface area contributed by atoms with Crippen LogP contribution in [0.5, 0.6) is 0 Å². The van der Waals surface area contributed by atoms with Crippen molar-refractivity contribution in [2.75, 3.05) is 0 Å². The summed E-state index contributed by atoms with van der Waals surface area (Å²) in [5.41, 5.74) is 4.96. The molecule has 1 aliphatic rings. The highest BCUT2D eigenvalue weighted by atomic mass is 16.5. The lowest BCUT2D eigenvalue weighted by Gasteiger charge is -2.26. The molecule has 8 heteroatoms. The van der Waals surface area contributed by atoms with Gasteiger partial charge in [0.2, 0.25) is 0 Å². The molecule has 4 amide bonds. The summed E-state index contributed by atoms with van der Waals surface area (Å²) < 4.78 is 0. The van der Waals surface area contributed by atoms with Gasteiger partial charge in [0.25, 0.3) is 11.8 Å². The molecule has 1 fully saturated rings. The van der Waals surface area contributed by atoms with E-state index in [4.69, 9.17) is 10.6 Å². The maximum absolute atomic E-state index is 12.8. The number of imide groups is 1. The summed E-state index contributed by atoms with van der Waals surface area (Å²) >= 11 is 0. The number of hydrogen-bond acceptors (Lipinski definition) is 5. The molecule has 0 radical (unpaired) electrons. The third-order valence-electron chi connectivity index (χ3n) is 5.59. The van der Waals surface area contributed by atoms with Crippen LogP contribution in [-0.2, 0) is 22.4 Å². The molecule has 2 aromatic rings. The Hall–Kier alpha value is -3.52. The molecule has 0 unspecified atom stereocenters. The largest absolute Gasteiger partial charge is 0.326 e. The summed E-state index contributed by atoms with van der Waals surface area (Å²) in [6, 6.07) is 15.0. The van der Waals surface area contributed by atoms with Crippen molar-refractivity contribution in [3.05, 3.63) is 71.3 Å². The Morgan fingerprint density at radius 2 is 1.75 bits per heavy atom. The fourth-order valence-electron chi connectivity index (χ4n) is 3.88. The first-order chi connectivity index (χ1) is 15.3. The van der Waals surface area contributed by atoms with E-state index in [2.05, 4.69) is 5.32 Å². The molecular weight excluding hydrogens is 408 g/mol. The Bertz CT molecular complexity index is 989. The molecule has 0 spiro atoms. The summed E-state index contributed by atoms with van der Waals surface area (Å²) in [5, 5.41) is 19.9. The number of rotatable bonds is 9. The van der Waals surface area contributed by atoms with Crippen LogP contribution in [0.4, 0.5) is 4.79 Å². The molecule has 0 aromatic heterocycles. The van der Waals surface area contributed by atoms with Crippen molar-refractivity contribution < 1.29 is 19.6 Å². The Kier molecular flexibility index (Phi) is 7.37. The van der Waals surface area contributed by atoms with Crippen LogP contribution in [0.3, 0.4) is 0 Å². The van der Waals surface area contributed by atoms with Crippen LogP contribution >= 0.6 is 0 Å². The van der Waals surface area contributed by atoms with Crippen molar-refractivity contribution in [1.29, 1.82) is 5.41 Å². The van der Waals surface area contributed by atoms with E-state index in [1.165, 1.54) is 5.48 Å². The molecule has 0 aliphatic carbocycles. The fraction of sp³-hybridized carbons (Fsp3) is 0.333. The summed E-state index contributed by atoms with van der Waals surface area (Å²) in [6.07, 6.45) is 1.49. The predicted octanol–water partition coefficient (Wildman–Crippen LogP) is 2.68. The Labute approximate surface area is 187 Å². The van der Waals surface area contributed by atoms with Gasteiger partial charge in [-0.05, 0) is 35.4 Å². The maximum atomic E-state index is 12.8. The third-order valence-corrected chi connectivity index (χ3v) is 5.59. The summed E-state index contributed by atoms with van der Waals surface area (Å²) in [5.74, 6) is -1.62. The van der Waals surface area contributed by atoms with Crippen LogP contribution in [0, 0.1) is 11.3 Å². The molecule has 0 bridgehead atoms. The molecule has 1 heterocycles. The number of carbonyl (C=O) groups excluding carboxylic acids is 3. The van der Waals surface area contributed by atoms with Crippen molar-refractivity contribution in [1.82, 2.24) is 15.7 Å². The average Bonchev–Trinajstić information content (AvgIpc) is 3.06. The van der Waals surface area contributed by atoms with E-state index in [0.717, 1.165) is 21.6 Å².